The van der Waals surface area contributed by atoms with E-state index in [9.17, 15) is 10.1 Å². The van der Waals surface area contributed by atoms with Gasteiger partial charge in [-0.3, -0.25) is 10.1 Å². The molecule has 7 nitrogen and oxygen atoms in total. The van der Waals surface area contributed by atoms with E-state index in [-0.39, 0.29) is 23.9 Å². The average Bonchev–Trinajstić information content (AvgIpc) is 2.68. The van der Waals surface area contributed by atoms with Crippen molar-refractivity contribution in [2.75, 3.05) is 18.5 Å². The molecular weight excluding hydrogens is 334 g/mol. The minimum absolute atomic E-state index is 0.0266. The third-order valence-electron chi connectivity index (χ3n) is 4.42. The molecule has 0 aliphatic carbocycles. The molecule has 1 aliphatic heterocycles. The van der Waals surface area contributed by atoms with E-state index in [0.29, 0.717) is 5.82 Å². The number of anilines is 1. The summed E-state index contributed by atoms with van der Waals surface area (Å²) in [6, 6.07) is 13.1. The number of hydrogen-bond donors (Lipinski definition) is 1. The Labute approximate surface area is 152 Å². The monoisotopic (exact) mass is 357 g/mol. The zero-order chi connectivity index (χ0) is 18.4. The number of benzene rings is 1. The van der Waals surface area contributed by atoms with Gasteiger partial charge in [0.15, 0.2) is 0 Å². The molecule has 1 N–H and O–H groups in total. The number of ether oxygens (including phenoxy) is 2. The quantitative estimate of drug-likeness (QED) is 0.600. The maximum absolute atomic E-state index is 10.8. The lowest BCUT2D eigenvalue weighted by Crippen LogP contribution is -2.32. The Morgan fingerprint density at radius 2 is 1.96 bits per heavy atom. The molecule has 7 heteroatoms. The zero-order valence-electron chi connectivity index (χ0n) is 14.7. The summed E-state index contributed by atoms with van der Waals surface area (Å²) in [7, 11) is 0. The van der Waals surface area contributed by atoms with Crippen molar-refractivity contribution < 1.29 is 14.4 Å². The Bertz CT molecular complexity index is 702. The molecule has 138 valence electrons. The molecule has 1 saturated heterocycles. The van der Waals surface area contributed by atoms with Crippen LogP contribution in [-0.4, -0.2) is 35.3 Å². The predicted octanol–water partition coefficient (Wildman–Crippen LogP) is 3.73. The summed E-state index contributed by atoms with van der Waals surface area (Å²) in [4.78, 5) is 14.4. The summed E-state index contributed by atoms with van der Waals surface area (Å²) < 4.78 is 11.8. The van der Waals surface area contributed by atoms with Crippen molar-refractivity contribution in [3.8, 4) is 0 Å². The largest absolute Gasteiger partial charge is 0.381 e. The van der Waals surface area contributed by atoms with Crippen molar-refractivity contribution in [1.82, 2.24) is 4.98 Å². The molecule has 1 aliphatic rings. The van der Waals surface area contributed by atoms with Crippen LogP contribution >= 0.6 is 0 Å². The van der Waals surface area contributed by atoms with Gasteiger partial charge in [-0.05, 0) is 31.4 Å². The molecule has 3 rings (SSSR count). The van der Waals surface area contributed by atoms with Gasteiger partial charge >= 0.3 is 0 Å². The summed E-state index contributed by atoms with van der Waals surface area (Å²) >= 11 is 0. The van der Waals surface area contributed by atoms with Gasteiger partial charge < -0.3 is 14.8 Å². The van der Waals surface area contributed by atoms with Gasteiger partial charge in [-0.15, -0.1) is 0 Å². The fraction of sp³-hybridized carbons (Fsp3) is 0.421. The van der Waals surface area contributed by atoms with Gasteiger partial charge in [-0.1, -0.05) is 30.3 Å². The van der Waals surface area contributed by atoms with Crippen LogP contribution in [0.5, 0.6) is 0 Å². The Hall–Kier alpha value is -2.51. The SMILES string of the molecule is CC(Nc1ccc([N+](=O)[O-])cn1)C(OC1CCOCC1)c1ccccc1. The second-order valence-electron chi connectivity index (χ2n) is 6.37. The minimum Gasteiger partial charge on any atom is -0.381 e. The predicted molar refractivity (Wildman–Crippen MR) is 98.1 cm³/mol. The minimum atomic E-state index is -0.457. The van der Waals surface area contributed by atoms with Crippen molar-refractivity contribution in [3.05, 3.63) is 64.3 Å². The van der Waals surface area contributed by atoms with Gasteiger partial charge in [0, 0.05) is 19.3 Å². The Morgan fingerprint density at radius 1 is 1.23 bits per heavy atom. The Morgan fingerprint density at radius 3 is 2.58 bits per heavy atom. The number of nitrogens with one attached hydrogen (secondary N) is 1. The first kappa shape index (κ1) is 18.3. The van der Waals surface area contributed by atoms with Crippen molar-refractivity contribution in [2.24, 2.45) is 0 Å². The topological polar surface area (TPSA) is 86.5 Å². The van der Waals surface area contributed by atoms with Crippen molar-refractivity contribution in [2.45, 2.75) is 38.0 Å². The highest BCUT2D eigenvalue weighted by atomic mass is 16.6. The molecule has 2 heterocycles. The van der Waals surface area contributed by atoms with E-state index < -0.39 is 4.92 Å². The smallest absolute Gasteiger partial charge is 0.287 e. The molecule has 0 saturated carbocycles. The number of rotatable bonds is 7. The first-order valence-electron chi connectivity index (χ1n) is 8.78. The van der Waals surface area contributed by atoms with E-state index in [1.165, 1.54) is 12.3 Å². The van der Waals surface area contributed by atoms with Crippen LogP contribution < -0.4 is 5.32 Å². The summed E-state index contributed by atoms with van der Waals surface area (Å²) in [5, 5.41) is 14.1. The highest BCUT2D eigenvalue weighted by Crippen LogP contribution is 2.28. The van der Waals surface area contributed by atoms with Crippen LogP contribution in [0.15, 0.2) is 48.7 Å². The molecule has 1 fully saturated rings. The fourth-order valence-corrected chi connectivity index (χ4v) is 3.04. The van der Waals surface area contributed by atoms with E-state index in [0.717, 1.165) is 31.6 Å². The highest BCUT2D eigenvalue weighted by Gasteiger charge is 2.25. The lowest BCUT2D eigenvalue weighted by molar-refractivity contribution is -0.385. The number of nitrogens with zero attached hydrogens (tertiary/aromatic N) is 2. The molecule has 1 aromatic carbocycles. The first-order valence-corrected chi connectivity index (χ1v) is 8.78. The molecule has 0 spiro atoms. The summed E-state index contributed by atoms with van der Waals surface area (Å²) in [6.07, 6.45) is 3.02. The second-order valence-corrected chi connectivity index (χ2v) is 6.37. The number of hydrogen-bond acceptors (Lipinski definition) is 6. The van der Waals surface area contributed by atoms with Crippen LogP contribution in [0.4, 0.5) is 11.5 Å². The molecule has 2 atom stereocenters. The van der Waals surface area contributed by atoms with Crippen LogP contribution in [0, 0.1) is 10.1 Å². The van der Waals surface area contributed by atoms with Crippen LogP contribution in [0.3, 0.4) is 0 Å². The molecule has 26 heavy (non-hydrogen) atoms. The standard InChI is InChI=1S/C19H23N3O4/c1-14(21-18-8-7-16(13-20-18)22(23)24)19(15-5-3-2-4-6-15)26-17-9-11-25-12-10-17/h2-8,13-14,17,19H,9-12H2,1H3,(H,20,21). The Kier molecular flexibility index (Phi) is 6.14. The van der Waals surface area contributed by atoms with Crippen molar-refractivity contribution in [1.29, 1.82) is 0 Å². The van der Waals surface area contributed by atoms with Gasteiger partial charge in [-0.25, -0.2) is 4.98 Å². The van der Waals surface area contributed by atoms with Crippen LogP contribution in [0.2, 0.25) is 0 Å². The molecule has 0 amide bonds. The summed E-state index contributed by atoms with van der Waals surface area (Å²) in [5.41, 5.74) is 1.06. The van der Waals surface area contributed by atoms with Gasteiger partial charge in [0.1, 0.15) is 18.1 Å². The highest BCUT2D eigenvalue weighted by molar-refractivity contribution is 5.41. The van der Waals surface area contributed by atoms with E-state index in [1.807, 2.05) is 37.3 Å². The third kappa shape index (κ3) is 4.77. The molecule has 2 unspecified atom stereocenters. The number of aromatic nitrogens is 1. The molecule has 2 aromatic rings. The maximum Gasteiger partial charge on any atom is 0.287 e. The maximum atomic E-state index is 10.8. The van der Waals surface area contributed by atoms with Crippen molar-refractivity contribution in [3.63, 3.8) is 0 Å². The van der Waals surface area contributed by atoms with Gasteiger partial charge in [0.05, 0.1) is 17.1 Å². The number of pyridine rings is 1. The van der Waals surface area contributed by atoms with E-state index in [1.54, 1.807) is 6.07 Å². The fourth-order valence-electron chi connectivity index (χ4n) is 3.04. The molecular formula is C19H23N3O4. The molecule has 0 radical (unpaired) electrons. The Balaban J connectivity index is 1.73. The van der Waals surface area contributed by atoms with E-state index in [2.05, 4.69) is 10.3 Å². The van der Waals surface area contributed by atoms with Gasteiger partial charge in [0.2, 0.25) is 0 Å². The average molecular weight is 357 g/mol. The van der Waals surface area contributed by atoms with Gasteiger partial charge in [-0.2, -0.15) is 0 Å². The third-order valence-corrected chi connectivity index (χ3v) is 4.42. The summed E-state index contributed by atoms with van der Waals surface area (Å²) in [6.45, 7) is 3.47. The van der Waals surface area contributed by atoms with Crippen molar-refractivity contribution >= 4 is 11.5 Å². The normalized spacial score (nSPS) is 17.4. The summed E-state index contributed by atoms with van der Waals surface area (Å²) in [5.74, 6) is 0.583. The van der Waals surface area contributed by atoms with Gasteiger partial charge in [0.25, 0.3) is 5.69 Å². The molecule has 0 bridgehead atoms. The lowest BCUT2D eigenvalue weighted by atomic mass is 10.0. The number of nitro groups is 1. The first-order chi connectivity index (χ1) is 12.6. The second kappa shape index (κ2) is 8.73. The van der Waals surface area contributed by atoms with E-state index >= 15 is 0 Å². The van der Waals surface area contributed by atoms with E-state index in [4.69, 9.17) is 9.47 Å². The van der Waals surface area contributed by atoms with Crippen LogP contribution in [0.1, 0.15) is 31.4 Å². The lowest BCUT2D eigenvalue weighted by Gasteiger charge is -2.32. The molecule has 1 aromatic heterocycles. The van der Waals surface area contributed by atoms with Crippen LogP contribution in [0.25, 0.3) is 0 Å². The zero-order valence-corrected chi connectivity index (χ0v) is 14.7. The van der Waals surface area contributed by atoms with Crippen LogP contribution in [-0.2, 0) is 9.47 Å².